The average Bonchev–Trinajstić information content (AvgIpc) is 2.42. The zero-order valence-corrected chi connectivity index (χ0v) is 12.2. The fourth-order valence-electron chi connectivity index (χ4n) is 2.22. The van der Waals surface area contributed by atoms with Crippen LogP contribution in [0.25, 0.3) is 0 Å². The summed E-state index contributed by atoms with van der Waals surface area (Å²) in [4.78, 5) is 15.1. The highest BCUT2D eigenvalue weighted by Crippen LogP contribution is 2.16. The summed E-state index contributed by atoms with van der Waals surface area (Å²) in [6.07, 6.45) is 0. The van der Waals surface area contributed by atoms with Crippen LogP contribution >= 0.6 is 0 Å². The first kappa shape index (κ1) is 15.0. The van der Waals surface area contributed by atoms with Gasteiger partial charge in [0.15, 0.2) is 0 Å². The van der Waals surface area contributed by atoms with Crippen LogP contribution in [0, 0.1) is 26.6 Å². The molecule has 5 heteroatoms. The van der Waals surface area contributed by atoms with Gasteiger partial charge in [-0.05, 0) is 49.6 Å². The van der Waals surface area contributed by atoms with Crippen LogP contribution in [0.15, 0.2) is 24.3 Å². The summed E-state index contributed by atoms with van der Waals surface area (Å²) >= 11 is 0. The molecule has 1 heterocycles. The van der Waals surface area contributed by atoms with Crippen LogP contribution in [-0.2, 0) is 6.54 Å². The van der Waals surface area contributed by atoms with Crippen molar-refractivity contribution in [2.24, 2.45) is 0 Å². The minimum Gasteiger partial charge on any atom is -0.478 e. The summed E-state index contributed by atoms with van der Waals surface area (Å²) in [5.41, 5.74) is 2.82. The Morgan fingerprint density at radius 3 is 2.38 bits per heavy atom. The van der Waals surface area contributed by atoms with Crippen LogP contribution in [0.5, 0.6) is 0 Å². The van der Waals surface area contributed by atoms with Gasteiger partial charge >= 0.3 is 5.97 Å². The Morgan fingerprint density at radius 2 is 1.86 bits per heavy atom. The normalized spacial score (nSPS) is 10.5. The van der Waals surface area contributed by atoms with E-state index in [0.717, 1.165) is 5.56 Å². The van der Waals surface area contributed by atoms with Crippen LogP contribution in [0.3, 0.4) is 0 Å². The molecule has 21 heavy (non-hydrogen) atoms. The molecule has 1 aromatic heterocycles. The van der Waals surface area contributed by atoms with Crippen molar-refractivity contribution in [1.29, 1.82) is 0 Å². The standard InChI is InChI=1S/C16H17FN2O2/c1-9-6-12(7-10(2)15(9)17)8-18-14-5-4-13(16(20)21)11(3)19-14/h4-7H,8H2,1-3H3,(H,18,19)(H,20,21). The fourth-order valence-corrected chi connectivity index (χ4v) is 2.22. The highest BCUT2D eigenvalue weighted by Gasteiger charge is 2.09. The van der Waals surface area contributed by atoms with Crippen LogP contribution in [-0.4, -0.2) is 16.1 Å². The molecule has 0 bridgehead atoms. The van der Waals surface area contributed by atoms with Gasteiger partial charge in [0.05, 0.1) is 11.3 Å². The number of hydrogen-bond acceptors (Lipinski definition) is 3. The van der Waals surface area contributed by atoms with E-state index in [9.17, 15) is 9.18 Å². The summed E-state index contributed by atoms with van der Waals surface area (Å²) in [6.45, 7) is 5.62. The topological polar surface area (TPSA) is 62.2 Å². The third-order valence-electron chi connectivity index (χ3n) is 3.29. The number of aryl methyl sites for hydroxylation is 3. The molecule has 2 aromatic rings. The first-order valence-electron chi connectivity index (χ1n) is 6.59. The molecule has 0 spiro atoms. The van der Waals surface area contributed by atoms with Gasteiger partial charge in [-0.15, -0.1) is 0 Å². The fraction of sp³-hybridized carbons (Fsp3) is 0.250. The molecule has 0 aliphatic rings. The van der Waals surface area contributed by atoms with Crippen LogP contribution in [0.2, 0.25) is 0 Å². The first-order chi connectivity index (χ1) is 9.88. The number of carboxylic acids is 1. The van der Waals surface area contributed by atoms with Gasteiger partial charge in [0.2, 0.25) is 0 Å². The summed E-state index contributed by atoms with van der Waals surface area (Å²) in [5.74, 6) is -0.577. The van der Waals surface area contributed by atoms with Crippen LogP contribution in [0.1, 0.15) is 32.7 Å². The Hall–Kier alpha value is -2.43. The molecule has 0 saturated carbocycles. The number of carboxylic acid groups (broad SMARTS) is 1. The Kier molecular flexibility index (Phi) is 4.21. The molecule has 0 aliphatic carbocycles. The maximum absolute atomic E-state index is 13.6. The number of nitrogens with one attached hydrogen (secondary N) is 1. The van der Waals surface area contributed by atoms with Crippen molar-refractivity contribution in [3.63, 3.8) is 0 Å². The lowest BCUT2D eigenvalue weighted by Crippen LogP contribution is -2.06. The highest BCUT2D eigenvalue weighted by molar-refractivity contribution is 5.89. The molecule has 0 amide bonds. The van der Waals surface area contributed by atoms with E-state index in [-0.39, 0.29) is 11.4 Å². The molecule has 0 atom stereocenters. The number of carbonyl (C=O) groups is 1. The van der Waals surface area contributed by atoms with E-state index in [1.165, 1.54) is 6.07 Å². The van der Waals surface area contributed by atoms with Gasteiger partial charge < -0.3 is 10.4 Å². The zero-order chi connectivity index (χ0) is 15.6. The van der Waals surface area contributed by atoms with E-state index >= 15 is 0 Å². The molecule has 0 fully saturated rings. The number of anilines is 1. The van der Waals surface area contributed by atoms with E-state index < -0.39 is 5.97 Å². The van der Waals surface area contributed by atoms with Crippen molar-refractivity contribution in [2.75, 3.05) is 5.32 Å². The first-order valence-corrected chi connectivity index (χ1v) is 6.59. The van der Waals surface area contributed by atoms with Crippen LogP contribution in [0.4, 0.5) is 10.2 Å². The van der Waals surface area contributed by atoms with Gasteiger partial charge in [-0.25, -0.2) is 14.2 Å². The Labute approximate surface area is 122 Å². The molecular formula is C16H17FN2O2. The third kappa shape index (κ3) is 3.37. The van der Waals surface area contributed by atoms with Crippen molar-refractivity contribution >= 4 is 11.8 Å². The number of nitrogens with zero attached hydrogens (tertiary/aromatic N) is 1. The monoisotopic (exact) mass is 288 g/mol. The Balaban J connectivity index is 2.13. The number of benzene rings is 1. The second-order valence-corrected chi connectivity index (χ2v) is 5.03. The van der Waals surface area contributed by atoms with Gasteiger partial charge in [-0.3, -0.25) is 0 Å². The average molecular weight is 288 g/mol. The van der Waals surface area contributed by atoms with Crippen LogP contribution < -0.4 is 5.32 Å². The molecule has 2 N–H and O–H groups in total. The quantitative estimate of drug-likeness (QED) is 0.904. The molecule has 0 saturated heterocycles. The maximum Gasteiger partial charge on any atom is 0.337 e. The second-order valence-electron chi connectivity index (χ2n) is 5.03. The molecule has 0 radical (unpaired) electrons. The predicted octanol–water partition coefficient (Wildman–Crippen LogP) is 3.46. The Bertz CT molecular complexity index is 676. The lowest BCUT2D eigenvalue weighted by Gasteiger charge is -2.10. The number of hydrogen-bond donors (Lipinski definition) is 2. The van der Waals surface area contributed by atoms with Crippen molar-refractivity contribution in [2.45, 2.75) is 27.3 Å². The van der Waals surface area contributed by atoms with Gasteiger partial charge in [0, 0.05) is 6.54 Å². The number of aromatic carboxylic acids is 1. The van der Waals surface area contributed by atoms with Gasteiger partial charge in [-0.2, -0.15) is 0 Å². The molecule has 0 unspecified atom stereocenters. The van der Waals surface area contributed by atoms with E-state index in [4.69, 9.17) is 5.11 Å². The summed E-state index contributed by atoms with van der Waals surface area (Å²) < 4.78 is 13.6. The molecule has 2 rings (SSSR count). The summed E-state index contributed by atoms with van der Waals surface area (Å²) in [5, 5.41) is 12.1. The minimum atomic E-state index is -0.990. The number of aromatic nitrogens is 1. The van der Waals surface area contributed by atoms with Crippen molar-refractivity contribution < 1.29 is 14.3 Å². The number of rotatable bonds is 4. The highest BCUT2D eigenvalue weighted by atomic mass is 19.1. The number of halogens is 1. The van der Waals surface area contributed by atoms with E-state index in [2.05, 4.69) is 10.3 Å². The van der Waals surface area contributed by atoms with E-state index in [0.29, 0.717) is 29.2 Å². The molecule has 1 aromatic carbocycles. The predicted molar refractivity (Wildman–Crippen MR) is 79.1 cm³/mol. The smallest absolute Gasteiger partial charge is 0.337 e. The second kappa shape index (κ2) is 5.91. The summed E-state index contributed by atoms with van der Waals surface area (Å²) in [7, 11) is 0. The molecule has 110 valence electrons. The third-order valence-corrected chi connectivity index (χ3v) is 3.29. The van der Waals surface area contributed by atoms with Gasteiger partial charge in [0.25, 0.3) is 0 Å². The number of pyridine rings is 1. The minimum absolute atomic E-state index is 0.182. The van der Waals surface area contributed by atoms with Crippen molar-refractivity contribution in [1.82, 2.24) is 4.98 Å². The van der Waals surface area contributed by atoms with Crippen molar-refractivity contribution in [3.8, 4) is 0 Å². The molecular weight excluding hydrogens is 271 g/mol. The SMILES string of the molecule is Cc1cc(CNc2ccc(C(=O)O)c(C)n2)cc(C)c1F. The maximum atomic E-state index is 13.6. The molecule has 0 aliphatic heterocycles. The lowest BCUT2D eigenvalue weighted by molar-refractivity contribution is 0.0695. The summed E-state index contributed by atoms with van der Waals surface area (Å²) in [6, 6.07) is 6.72. The lowest BCUT2D eigenvalue weighted by atomic mass is 10.1. The van der Waals surface area contributed by atoms with E-state index in [1.807, 2.05) is 0 Å². The van der Waals surface area contributed by atoms with E-state index in [1.54, 1.807) is 39.0 Å². The molecule has 4 nitrogen and oxygen atoms in total. The largest absolute Gasteiger partial charge is 0.478 e. The van der Waals surface area contributed by atoms with Gasteiger partial charge in [0.1, 0.15) is 11.6 Å². The van der Waals surface area contributed by atoms with Gasteiger partial charge in [-0.1, -0.05) is 12.1 Å². The zero-order valence-electron chi connectivity index (χ0n) is 12.2. The Morgan fingerprint density at radius 1 is 1.24 bits per heavy atom. The van der Waals surface area contributed by atoms with Crippen molar-refractivity contribution in [3.05, 3.63) is 58.0 Å².